The van der Waals surface area contributed by atoms with E-state index in [1.165, 1.54) is 11.6 Å². The van der Waals surface area contributed by atoms with Gasteiger partial charge in [-0.25, -0.2) is 0 Å². The molecule has 0 aliphatic heterocycles. The van der Waals surface area contributed by atoms with Crippen molar-refractivity contribution in [2.75, 3.05) is 7.11 Å². The maximum Gasteiger partial charge on any atom is 0.137 e. The van der Waals surface area contributed by atoms with Crippen LogP contribution in [0.5, 0.6) is 0 Å². The highest BCUT2D eigenvalue weighted by Gasteiger charge is 2.09. The van der Waals surface area contributed by atoms with Gasteiger partial charge in [-0.1, -0.05) is 17.7 Å². The van der Waals surface area contributed by atoms with Crippen LogP contribution < -0.4 is 0 Å². The first-order valence-electron chi connectivity index (χ1n) is 4.82. The molecule has 78 valence electrons. The molecule has 0 radical (unpaired) electrons. The van der Waals surface area contributed by atoms with E-state index in [4.69, 9.17) is 10.00 Å². The zero-order valence-corrected chi connectivity index (χ0v) is 9.59. The Kier molecular flexibility index (Phi) is 3.51. The van der Waals surface area contributed by atoms with Crippen LogP contribution in [0.4, 0.5) is 0 Å². The molecule has 0 aliphatic carbocycles. The van der Waals surface area contributed by atoms with Gasteiger partial charge in [0.15, 0.2) is 0 Å². The second kappa shape index (κ2) is 4.65. The molecule has 0 fully saturated rings. The van der Waals surface area contributed by atoms with Crippen molar-refractivity contribution < 1.29 is 4.74 Å². The van der Waals surface area contributed by atoms with Gasteiger partial charge in [0.2, 0.25) is 0 Å². The number of aryl methyl sites for hydroxylation is 3. The van der Waals surface area contributed by atoms with Crippen LogP contribution in [0.25, 0.3) is 5.76 Å². The Bertz CT molecular complexity index is 415. The Balaban J connectivity index is 3.37. The summed E-state index contributed by atoms with van der Waals surface area (Å²) in [7, 11) is 1.59. The predicted octanol–water partition coefficient (Wildman–Crippen LogP) is 3.12. The minimum Gasteiger partial charge on any atom is -0.495 e. The van der Waals surface area contributed by atoms with Crippen molar-refractivity contribution in [2.45, 2.75) is 20.8 Å². The maximum absolute atomic E-state index is 8.66. The van der Waals surface area contributed by atoms with Gasteiger partial charge in [0, 0.05) is 5.56 Å². The van der Waals surface area contributed by atoms with Gasteiger partial charge in [-0.15, -0.1) is 0 Å². The molecule has 0 saturated carbocycles. The topological polar surface area (TPSA) is 33.0 Å². The van der Waals surface area contributed by atoms with E-state index >= 15 is 0 Å². The largest absolute Gasteiger partial charge is 0.495 e. The standard InChI is InChI=1S/C13H15NO/c1-9-7-10(2)13(11(3)8-9)12(15-4)5-6-14/h5,7-8H,1-4H3/b12-5+. The van der Waals surface area contributed by atoms with Crippen molar-refractivity contribution in [3.8, 4) is 6.07 Å². The zero-order chi connectivity index (χ0) is 11.4. The molecule has 0 saturated heterocycles. The number of ether oxygens (including phenoxy) is 1. The van der Waals surface area contributed by atoms with Gasteiger partial charge < -0.3 is 4.74 Å². The molecule has 2 nitrogen and oxygen atoms in total. The van der Waals surface area contributed by atoms with Gasteiger partial charge in [-0.05, 0) is 31.9 Å². The summed E-state index contributed by atoms with van der Waals surface area (Å²) >= 11 is 0. The van der Waals surface area contributed by atoms with Crippen LogP contribution in [0.1, 0.15) is 22.3 Å². The lowest BCUT2D eigenvalue weighted by Crippen LogP contribution is -1.96. The van der Waals surface area contributed by atoms with Gasteiger partial charge in [-0.3, -0.25) is 0 Å². The van der Waals surface area contributed by atoms with E-state index < -0.39 is 0 Å². The van der Waals surface area contributed by atoms with Crippen molar-refractivity contribution >= 4 is 5.76 Å². The summed E-state index contributed by atoms with van der Waals surface area (Å²) in [6.45, 7) is 6.11. The first-order valence-corrected chi connectivity index (χ1v) is 4.82. The third-order valence-corrected chi connectivity index (χ3v) is 2.34. The summed E-state index contributed by atoms with van der Waals surface area (Å²) in [5.41, 5.74) is 4.51. The summed E-state index contributed by atoms with van der Waals surface area (Å²) in [5.74, 6) is 0.632. The average molecular weight is 201 g/mol. The summed E-state index contributed by atoms with van der Waals surface area (Å²) in [4.78, 5) is 0. The van der Waals surface area contributed by atoms with E-state index in [9.17, 15) is 0 Å². The number of nitriles is 1. The highest BCUT2D eigenvalue weighted by molar-refractivity contribution is 5.68. The number of methoxy groups -OCH3 is 1. The summed E-state index contributed by atoms with van der Waals surface area (Å²) in [6, 6.07) is 6.18. The molecule has 1 aromatic carbocycles. The van der Waals surface area contributed by atoms with E-state index in [0.29, 0.717) is 5.76 Å². The van der Waals surface area contributed by atoms with E-state index in [1.807, 2.05) is 19.9 Å². The normalized spacial score (nSPS) is 11.0. The van der Waals surface area contributed by atoms with Crippen molar-refractivity contribution in [1.29, 1.82) is 5.26 Å². The summed E-state index contributed by atoms with van der Waals surface area (Å²) < 4.78 is 5.22. The number of nitrogens with zero attached hydrogens (tertiary/aromatic N) is 1. The van der Waals surface area contributed by atoms with Gasteiger partial charge in [-0.2, -0.15) is 5.26 Å². The number of benzene rings is 1. The minimum atomic E-state index is 0.632. The van der Waals surface area contributed by atoms with E-state index in [1.54, 1.807) is 7.11 Å². The van der Waals surface area contributed by atoms with Crippen molar-refractivity contribution in [1.82, 2.24) is 0 Å². The van der Waals surface area contributed by atoms with Crippen molar-refractivity contribution in [2.24, 2.45) is 0 Å². The van der Waals surface area contributed by atoms with Crippen LogP contribution in [0.15, 0.2) is 18.2 Å². The lowest BCUT2D eigenvalue weighted by Gasteiger charge is -2.12. The summed E-state index contributed by atoms with van der Waals surface area (Å²) in [6.07, 6.45) is 1.44. The average Bonchev–Trinajstić information content (AvgIpc) is 2.14. The van der Waals surface area contributed by atoms with Crippen molar-refractivity contribution in [3.63, 3.8) is 0 Å². The van der Waals surface area contributed by atoms with Crippen LogP contribution in [-0.4, -0.2) is 7.11 Å². The van der Waals surface area contributed by atoms with E-state index in [0.717, 1.165) is 16.7 Å². The lowest BCUT2D eigenvalue weighted by molar-refractivity contribution is 0.369. The Morgan fingerprint density at radius 1 is 1.27 bits per heavy atom. The third-order valence-electron chi connectivity index (χ3n) is 2.34. The predicted molar refractivity (Wildman–Crippen MR) is 61.3 cm³/mol. The number of hydrogen-bond acceptors (Lipinski definition) is 2. The smallest absolute Gasteiger partial charge is 0.137 e. The molecular formula is C13H15NO. The molecule has 1 aromatic rings. The molecule has 0 unspecified atom stereocenters. The molecule has 0 bridgehead atoms. The molecular weight excluding hydrogens is 186 g/mol. The van der Waals surface area contributed by atoms with Crippen LogP contribution in [0.3, 0.4) is 0 Å². The van der Waals surface area contributed by atoms with Crippen LogP contribution in [-0.2, 0) is 4.74 Å². The molecule has 0 N–H and O–H groups in total. The molecule has 0 amide bonds. The quantitative estimate of drug-likeness (QED) is 0.544. The molecule has 0 aliphatic rings. The molecule has 15 heavy (non-hydrogen) atoms. The van der Waals surface area contributed by atoms with Gasteiger partial charge >= 0.3 is 0 Å². The zero-order valence-electron chi connectivity index (χ0n) is 9.59. The van der Waals surface area contributed by atoms with E-state index in [-0.39, 0.29) is 0 Å². The maximum atomic E-state index is 8.66. The number of allylic oxidation sites excluding steroid dienone is 1. The van der Waals surface area contributed by atoms with Crippen LogP contribution in [0, 0.1) is 32.1 Å². The van der Waals surface area contributed by atoms with E-state index in [2.05, 4.69) is 19.1 Å². The molecule has 0 atom stereocenters. The SMILES string of the molecule is CO/C(=C/C#N)c1c(C)cc(C)cc1C. The fraction of sp³-hybridized carbons (Fsp3) is 0.308. The Morgan fingerprint density at radius 3 is 2.20 bits per heavy atom. The Morgan fingerprint density at radius 2 is 1.80 bits per heavy atom. The van der Waals surface area contributed by atoms with Crippen LogP contribution >= 0.6 is 0 Å². The Labute approximate surface area is 90.8 Å². The number of hydrogen-bond donors (Lipinski definition) is 0. The van der Waals surface area contributed by atoms with Gasteiger partial charge in [0.05, 0.1) is 19.3 Å². The second-order valence-corrected chi connectivity index (χ2v) is 3.62. The fourth-order valence-electron chi connectivity index (χ4n) is 1.86. The molecule has 2 heteroatoms. The second-order valence-electron chi connectivity index (χ2n) is 3.62. The number of rotatable bonds is 2. The van der Waals surface area contributed by atoms with Gasteiger partial charge in [0.1, 0.15) is 5.76 Å². The third kappa shape index (κ3) is 2.38. The van der Waals surface area contributed by atoms with Crippen molar-refractivity contribution in [3.05, 3.63) is 40.5 Å². The monoisotopic (exact) mass is 201 g/mol. The fourth-order valence-corrected chi connectivity index (χ4v) is 1.86. The minimum absolute atomic E-state index is 0.632. The molecule has 1 rings (SSSR count). The molecule has 0 aromatic heterocycles. The Hall–Kier alpha value is -1.75. The van der Waals surface area contributed by atoms with Crippen LogP contribution in [0.2, 0.25) is 0 Å². The molecule has 0 heterocycles. The highest BCUT2D eigenvalue weighted by Crippen LogP contribution is 2.24. The first kappa shape index (κ1) is 11.3. The summed E-state index contributed by atoms with van der Waals surface area (Å²) in [5, 5.41) is 8.66. The van der Waals surface area contributed by atoms with Gasteiger partial charge in [0.25, 0.3) is 0 Å². The lowest BCUT2D eigenvalue weighted by atomic mass is 9.98. The highest BCUT2D eigenvalue weighted by atomic mass is 16.5. The first-order chi connectivity index (χ1) is 7.10. The molecule has 0 spiro atoms.